The molecule has 3 aromatic rings. The molecule has 20 heavy (non-hydrogen) atoms. The van der Waals surface area contributed by atoms with Gasteiger partial charge in [0.2, 0.25) is 0 Å². The van der Waals surface area contributed by atoms with E-state index in [9.17, 15) is 0 Å². The molecule has 0 bridgehead atoms. The molecule has 0 spiro atoms. The standard InChI is InChI=1S/C16H16BrN3/c17-12-7-9-14-15(10-12)20-16(19-14)13(18)8-6-11-4-2-1-3-5-11/h1-5,7,9-10,13H,6,8,18H2,(H,19,20). The van der Waals surface area contributed by atoms with Gasteiger partial charge in [0.25, 0.3) is 0 Å². The third-order valence-corrected chi connectivity index (χ3v) is 3.89. The summed E-state index contributed by atoms with van der Waals surface area (Å²) in [6, 6.07) is 16.3. The number of hydrogen-bond donors (Lipinski definition) is 2. The number of aromatic nitrogens is 2. The summed E-state index contributed by atoms with van der Waals surface area (Å²) in [7, 11) is 0. The molecule has 1 aromatic heterocycles. The SMILES string of the molecule is NC(CCc1ccccc1)c1nc2ccc(Br)cc2[nH]1. The number of imidazole rings is 1. The van der Waals surface area contributed by atoms with Crippen molar-refractivity contribution in [1.29, 1.82) is 0 Å². The Morgan fingerprint density at radius 2 is 1.95 bits per heavy atom. The van der Waals surface area contributed by atoms with Gasteiger partial charge in [-0.05, 0) is 36.6 Å². The smallest absolute Gasteiger partial charge is 0.124 e. The highest BCUT2D eigenvalue weighted by Gasteiger charge is 2.11. The van der Waals surface area contributed by atoms with E-state index >= 15 is 0 Å². The molecule has 1 heterocycles. The predicted octanol–water partition coefficient (Wildman–Crippen LogP) is 3.96. The molecule has 4 heteroatoms. The zero-order chi connectivity index (χ0) is 13.9. The fourth-order valence-corrected chi connectivity index (χ4v) is 2.64. The minimum absolute atomic E-state index is 0.0682. The number of nitrogens with one attached hydrogen (secondary N) is 1. The number of aryl methyl sites for hydroxylation is 1. The maximum Gasteiger partial charge on any atom is 0.124 e. The Morgan fingerprint density at radius 3 is 2.75 bits per heavy atom. The fraction of sp³-hybridized carbons (Fsp3) is 0.188. The molecule has 3 rings (SSSR count). The minimum Gasteiger partial charge on any atom is -0.341 e. The van der Waals surface area contributed by atoms with Gasteiger partial charge < -0.3 is 10.7 Å². The highest BCUT2D eigenvalue weighted by Crippen LogP contribution is 2.21. The van der Waals surface area contributed by atoms with Crippen molar-refractivity contribution in [3.63, 3.8) is 0 Å². The van der Waals surface area contributed by atoms with Gasteiger partial charge in [0.1, 0.15) is 5.82 Å². The molecule has 0 aliphatic heterocycles. The van der Waals surface area contributed by atoms with E-state index in [0.717, 1.165) is 34.2 Å². The van der Waals surface area contributed by atoms with Crippen LogP contribution in [0.5, 0.6) is 0 Å². The second-order valence-corrected chi connectivity index (χ2v) is 5.83. The first-order chi connectivity index (χ1) is 9.72. The Hall–Kier alpha value is -1.65. The van der Waals surface area contributed by atoms with Crippen LogP contribution in [0.25, 0.3) is 11.0 Å². The summed E-state index contributed by atoms with van der Waals surface area (Å²) in [5, 5.41) is 0. The van der Waals surface area contributed by atoms with Gasteiger partial charge >= 0.3 is 0 Å². The summed E-state index contributed by atoms with van der Waals surface area (Å²) in [6.45, 7) is 0. The average molecular weight is 330 g/mol. The molecule has 0 radical (unpaired) electrons. The van der Waals surface area contributed by atoms with E-state index in [1.807, 2.05) is 24.3 Å². The van der Waals surface area contributed by atoms with Crippen molar-refractivity contribution in [2.24, 2.45) is 5.73 Å². The van der Waals surface area contributed by atoms with Crippen molar-refractivity contribution in [2.75, 3.05) is 0 Å². The van der Waals surface area contributed by atoms with E-state index in [2.05, 4.69) is 50.2 Å². The Kier molecular flexibility index (Phi) is 3.85. The average Bonchev–Trinajstić information content (AvgIpc) is 2.89. The second kappa shape index (κ2) is 5.77. The van der Waals surface area contributed by atoms with Gasteiger partial charge in [-0.1, -0.05) is 46.3 Å². The van der Waals surface area contributed by atoms with Crippen LogP contribution in [-0.4, -0.2) is 9.97 Å². The van der Waals surface area contributed by atoms with Crippen LogP contribution in [0.3, 0.4) is 0 Å². The summed E-state index contributed by atoms with van der Waals surface area (Å²) in [5.41, 5.74) is 9.52. The van der Waals surface area contributed by atoms with Crippen molar-refractivity contribution < 1.29 is 0 Å². The van der Waals surface area contributed by atoms with E-state index < -0.39 is 0 Å². The number of hydrogen-bond acceptors (Lipinski definition) is 2. The van der Waals surface area contributed by atoms with Crippen LogP contribution in [0.15, 0.2) is 53.0 Å². The van der Waals surface area contributed by atoms with Gasteiger partial charge in [-0.2, -0.15) is 0 Å². The van der Waals surface area contributed by atoms with Crippen LogP contribution in [0.1, 0.15) is 23.9 Å². The van der Waals surface area contributed by atoms with E-state index in [4.69, 9.17) is 5.73 Å². The third kappa shape index (κ3) is 2.92. The van der Waals surface area contributed by atoms with Gasteiger partial charge in [0, 0.05) is 4.47 Å². The number of fused-ring (bicyclic) bond motifs is 1. The van der Waals surface area contributed by atoms with Crippen LogP contribution in [-0.2, 0) is 6.42 Å². The summed E-state index contributed by atoms with van der Waals surface area (Å²) in [4.78, 5) is 7.87. The van der Waals surface area contributed by atoms with Crippen LogP contribution >= 0.6 is 15.9 Å². The van der Waals surface area contributed by atoms with Crippen LogP contribution in [0, 0.1) is 0 Å². The van der Waals surface area contributed by atoms with Gasteiger partial charge in [-0.25, -0.2) is 4.98 Å². The molecular formula is C16H16BrN3. The molecule has 3 nitrogen and oxygen atoms in total. The predicted molar refractivity (Wildman–Crippen MR) is 85.5 cm³/mol. The molecule has 1 atom stereocenters. The molecule has 0 aliphatic carbocycles. The van der Waals surface area contributed by atoms with E-state index in [1.165, 1.54) is 5.56 Å². The minimum atomic E-state index is -0.0682. The maximum absolute atomic E-state index is 6.24. The molecule has 1 unspecified atom stereocenters. The highest BCUT2D eigenvalue weighted by molar-refractivity contribution is 9.10. The zero-order valence-electron chi connectivity index (χ0n) is 11.0. The van der Waals surface area contributed by atoms with Crippen molar-refractivity contribution in [2.45, 2.75) is 18.9 Å². The lowest BCUT2D eigenvalue weighted by Crippen LogP contribution is -2.13. The zero-order valence-corrected chi connectivity index (χ0v) is 12.6. The van der Waals surface area contributed by atoms with Gasteiger partial charge in [-0.3, -0.25) is 0 Å². The van der Waals surface area contributed by atoms with Crippen molar-refractivity contribution in [3.05, 3.63) is 64.4 Å². The number of nitrogens with two attached hydrogens (primary N) is 1. The Labute approximate surface area is 126 Å². The van der Waals surface area contributed by atoms with Crippen LogP contribution in [0.4, 0.5) is 0 Å². The topological polar surface area (TPSA) is 54.7 Å². The van der Waals surface area contributed by atoms with Gasteiger partial charge in [0.15, 0.2) is 0 Å². The van der Waals surface area contributed by atoms with Crippen LogP contribution in [0.2, 0.25) is 0 Å². The normalized spacial score (nSPS) is 12.7. The first kappa shape index (κ1) is 13.3. The summed E-state index contributed by atoms with van der Waals surface area (Å²) in [6.07, 6.45) is 1.84. The maximum atomic E-state index is 6.24. The number of aromatic amines is 1. The number of halogens is 1. The number of rotatable bonds is 4. The van der Waals surface area contributed by atoms with Gasteiger partial charge in [-0.15, -0.1) is 0 Å². The third-order valence-electron chi connectivity index (χ3n) is 3.40. The Balaban J connectivity index is 1.73. The monoisotopic (exact) mass is 329 g/mol. The lowest BCUT2D eigenvalue weighted by Gasteiger charge is -2.08. The van der Waals surface area contributed by atoms with Crippen molar-refractivity contribution >= 4 is 27.0 Å². The first-order valence-corrected chi connectivity index (χ1v) is 7.46. The summed E-state index contributed by atoms with van der Waals surface area (Å²) < 4.78 is 1.04. The van der Waals surface area contributed by atoms with Crippen LogP contribution < -0.4 is 5.73 Å². The second-order valence-electron chi connectivity index (χ2n) is 4.91. The Morgan fingerprint density at radius 1 is 1.15 bits per heavy atom. The summed E-state index contributed by atoms with van der Waals surface area (Å²) >= 11 is 3.46. The number of benzene rings is 2. The Bertz CT molecular complexity index is 706. The highest BCUT2D eigenvalue weighted by atomic mass is 79.9. The molecule has 102 valence electrons. The van der Waals surface area contributed by atoms with Gasteiger partial charge in [0.05, 0.1) is 17.1 Å². The molecule has 2 aromatic carbocycles. The largest absolute Gasteiger partial charge is 0.341 e. The molecule has 0 saturated heterocycles. The van der Waals surface area contributed by atoms with E-state index in [0.29, 0.717) is 0 Å². The van der Waals surface area contributed by atoms with Crippen molar-refractivity contribution in [1.82, 2.24) is 9.97 Å². The lowest BCUT2D eigenvalue weighted by molar-refractivity contribution is 0.621. The molecule has 0 fully saturated rings. The summed E-state index contributed by atoms with van der Waals surface area (Å²) in [5.74, 6) is 0.856. The molecule has 3 N–H and O–H groups in total. The number of H-pyrrole nitrogens is 1. The lowest BCUT2D eigenvalue weighted by atomic mass is 10.1. The quantitative estimate of drug-likeness (QED) is 0.761. The molecule has 0 aliphatic rings. The number of nitrogens with zero attached hydrogens (tertiary/aromatic N) is 1. The molecule has 0 saturated carbocycles. The fourth-order valence-electron chi connectivity index (χ4n) is 2.28. The van der Waals surface area contributed by atoms with E-state index in [-0.39, 0.29) is 6.04 Å². The molecular weight excluding hydrogens is 314 g/mol. The molecule has 0 amide bonds. The van der Waals surface area contributed by atoms with E-state index in [1.54, 1.807) is 0 Å². The first-order valence-electron chi connectivity index (χ1n) is 6.67. The van der Waals surface area contributed by atoms with Crippen molar-refractivity contribution in [3.8, 4) is 0 Å².